The normalized spacial score (nSPS) is 11.0. The first kappa shape index (κ1) is 12.3. The molecule has 0 unspecified atom stereocenters. The summed E-state index contributed by atoms with van der Waals surface area (Å²) in [5, 5.41) is 9.98. The van der Waals surface area contributed by atoms with Gasteiger partial charge in [-0.05, 0) is 6.07 Å². The van der Waals surface area contributed by atoms with Gasteiger partial charge in [-0.15, -0.1) is 5.10 Å². The van der Waals surface area contributed by atoms with Crippen molar-refractivity contribution in [3.63, 3.8) is 0 Å². The van der Waals surface area contributed by atoms with Gasteiger partial charge in [0.05, 0.1) is 11.9 Å². The van der Waals surface area contributed by atoms with Crippen LogP contribution in [0.1, 0.15) is 38.2 Å². The number of hydrogen-bond donors (Lipinski definition) is 1. The van der Waals surface area contributed by atoms with Gasteiger partial charge in [-0.25, -0.2) is 0 Å². The third-order valence-electron chi connectivity index (χ3n) is 1.98. The number of amides is 1. The SMILES string of the molecule is CC(=O)c1nnccc1NC(=O)C(C)(C)C. The topological polar surface area (TPSA) is 72.0 Å². The molecule has 0 radical (unpaired) electrons. The van der Waals surface area contributed by atoms with E-state index in [4.69, 9.17) is 0 Å². The largest absolute Gasteiger partial charge is 0.324 e. The standard InChI is InChI=1S/C11H15N3O2/c1-7(15)9-8(5-6-12-14-9)13-10(16)11(2,3)4/h5-6H,1-4H3,(H,12,13,16). The lowest BCUT2D eigenvalue weighted by Crippen LogP contribution is -2.28. The van der Waals surface area contributed by atoms with E-state index >= 15 is 0 Å². The van der Waals surface area contributed by atoms with E-state index in [0.29, 0.717) is 5.69 Å². The van der Waals surface area contributed by atoms with Gasteiger partial charge in [-0.3, -0.25) is 9.59 Å². The predicted octanol–water partition coefficient (Wildman–Crippen LogP) is 1.66. The summed E-state index contributed by atoms with van der Waals surface area (Å²) < 4.78 is 0. The Labute approximate surface area is 94.3 Å². The van der Waals surface area contributed by atoms with Crippen LogP contribution < -0.4 is 5.32 Å². The first-order valence-corrected chi connectivity index (χ1v) is 4.96. The fraction of sp³-hybridized carbons (Fsp3) is 0.455. The maximum absolute atomic E-state index is 11.7. The third kappa shape index (κ3) is 2.85. The van der Waals surface area contributed by atoms with Gasteiger partial charge in [-0.2, -0.15) is 5.10 Å². The molecule has 5 nitrogen and oxygen atoms in total. The van der Waals surface area contributed by atoms with Crippen molar-refractivity contribution < 1.29 is 9.59 Å². The summed E-state index contributed by atoms with van der Waals surface area (Å²) in [4.78, 5) is 23.0. The van der Waals surface area contributed by atoms with Crippen LogP contribution in [-0.4, -0.2) is 21.9 Å². The van der Waals surface area contributed by atoms with Crippen LogP contribution in [0.5, 0.6) is 0 Å². The van der Waals surface area contributed by atoms with Gasteiger partial charge in [0, 0.05) is 12.3 Å². The zero-order valence-corrected chi connectivity index (χ0v) is 9.87. The Morgan fingerprint density at radius 2 is 1.94 bits per heavy atom. The smallest absolute Gasteiger partial charge is 0.229 e. The number of ketones is 1. The molecule has 1 aromatic heterocycles. The summed E-state index contributed by atoms with van der Waals surface area (Å²) in [5.74, 6) is -0.389. The molecule has 16 heavy (non-hydrogen) atoms. The van der Waals surface area contributed by atoms with Crippen LogP contribution in [0.25, 0.3) is 0 Å². The van der Waals surface area contributed by atoms with E-state index in [2.05, 4.69) is 15.5 Å². The first-order valence-electron chi connectivity index (χ1n) is 4.96. The van der Waals surface area contributed by atoms with E-state index < -0.39 is 5.41 Å². The second-order valence-electron chi connectivity index (χ2n) is 4.55. The van der Waals surface area contributed by atoms with Crippen LogP contribution in [0.2, 0.25) is 0 Å². The average molecular weight is 221 g/mol. The highest BCUT2D eigenvalue weighted by atomic mass is 16.2. The van der Waals surface area contributed by atoms with E-state index in [1.165, 1.54) is 13.1 Å². The zero-order chi connectivity index (χ0) is 12.3. The van der Waals surface area contributed by atoms with E-state index in [-0.39, 0.29) is 17.4 Å². The van der Waals surface area contributed by atoms with Gasteiger partial charge in [0.1, 0.15) is 0 Å². The fourth-order valence-electron chi connectivity index (χ4n) is 1.00. The third-order valence-corrected chi connectivity index (χ3v) is 1.98. The van der Waals surface area contributed by atoms with Gasteiger partial charge >= 0.3 is 0 Å². The Morgan fingerprint density at radius 1 is 1.31 bits per heavy atom. The van der Waals surface area contributed by atoms with Crippen molar-refractivity contribution in [3.8, 4) is 0 Å². The number of Topliss-reactive ketones (excluding diaryl/α,β-unsaturated/α-hetero) is 1. The molecule has 5 heteroatoms. The molecule has 1 N–H and O–H groups in total. The molecule has 0 saturated carbocycles. The van der Waals surface area contributed by atoms with Crippen LogP contribution in [0.4, 0.5) is 5.69 Å². The molecule has 0 aliphatic carbocycles. The highest BCUT2D eigenvalue weighted by Crippen LogP contribution is 2.18. The van der Waals surface area contributed by atoms with Gasteiger partial charge in [0.15, 0.2) is 11.5 Å². The molecule has 0 aliphatic heterocycles. The number of nitrogens with one attached hydrogen (secondary N) is 1. The molecule has 0 aromatic carbocycles. The number of carbonyl (C=O) groups is 2. The monoisotopic (exact) mass is 221 g/mol. The van der Waals surface area contributed by atoms with Gasteiger partial charge in [0.25, 0.3) is 0 Å². The Morgan fingerprint density at radius 3 is 2.44 bits per heavy atom. The number of rotatable bonds is 2. The molecular formula is C11H15N3O2. The van der Waals surface area contributed by atoms with Crippen LogP contribution in [-0.2, 0) is 4.79 Å². The van der Waals surface area contributed by atoms with Crippen molar-refractivity contribution in [1.29, 1.82) is 0 Å². The number of hydrogen-bond acceptors (Lipinski definition) is 4. The minimum Gasteiger partial charge on any atom is -0.324 e. The minimum atomic E-state index is -0.517. The molecule has 1 heterocycles. The summed E-state index contributed by atoms with van der Waals surface area (Å²) in [6.45, 7) is 6.77. The molecule has 0 saturated heterocycles. The van der Waals surface area contributed by atoms with Crippen LogP contribution in [0.15, 0.2) is 12.3 Å². The second kappa shape index (κ2) is 4.38. The lowest BCUT2D eigenvalue weighted by Gasteiger charge is -2.18. The fourth-order valence-corrected chi connectivity index (χ4v) is 1.00. The molecule has 0 spiro atoms. The van der Waals surface area contributed by atoms with Crippen LogP contribution in [0.3, 0.4) is 0 Å². The number of nitrogens with zero attached hydrogens (tertiary/aromatic N) is 2. The van der Waals surface area contributed by atoms with Gasteiger partial charge in [0.2, 0.25) is 5.91 Å². The van der Waals surface area contributed by atoms with Crippen LogP contribution in [0, 0.1) is 5.41 Å². The Bertz CT molecular complexity index is 421. The summed E-state index contributed by atoms with van der Waals surface area (Å²) >= 11 is 0. The molecule has 0 fully saturated rings. The number of carbonyl (C=O) groups excluding carboxylic acids is 2. The lowest BCUT2D eigenvalue weighted by molar-refractivity contribution is -0.123. The van der Waals surface area contributed by atoms with E-state index in [0.717, 1.165) is 0 Å². The summed E-state index contributed by atoms with van der Waals surface area (Å²) in [6.07, 6.45) is 1.44. The summed E-state index contributed by atoms with van der Waals surface area (Å²) in [6, 6.07) is 1.56. The van der Waals surface area contributed by atoms with Crippen molar-refractivity contribution in [2.75, 3.05) is 5.32 Å². The lowest BCUT2D eigenvalue weighted by atomic mass is 9.95. The molecule has 1 aromatic rings. The first-order chi connectivity index (χ1) is 7.32. The zero-order valence-electron chi connectivity index (χ0n) is 9.87. The van der Waals surface area contributed by atoms with Crippen molar-refractivity contribution in [2.24, 2.45) is 5.41 Å². The van der Waals surface area contributed by atoms with Crippen molar-refractivity contribution in [3.05, 3.63) is 18.0 Å². The van der Waals surface area contributed by atoms with Crippen molar-refractivity contribution in [1.82, 2.24) is 10.2 Å². The highest BCUT2D eigenvalue weighted by Gasteiger charge is 2.22. The van der Waals surface area contributed by atoms with E-state index in [1.54, 1.807) is 26.8 Å². The second-order valence-corrected chi connectivity index (χ2v) is 4.55. The Kier molecular flexibility index (Phi) is 3.37. The molecule has 0 bridgehead atoms. The maximum Gasteiger partial charge on any atom is 0.229 e. The highest BCUT2D eigenvalue weighted by molar-refractivity contribution is 6.03. The molecular weight excluding hydrogens is 206 g/mol. The van der Waals surface area contributed by atoms with Gasteiger partial charge < -0.3 is 5.32 Å². The summed E-state index contributed by atoms with van der Waals surface area (Å²) in [7, 11) is 0. The Balaban J connectivity index is 2.98. The van der Waals surface area contributed by atoms with E-state index in [1.807, 2.05) is 0 Å². The number of aromatic nitrogens is 2. The van der Waals surface area contributed by atoms with Crippen molar-refractivity contribution >= 4 is 17.4 Å². The molecule has 0 atom stereocenters. The molecule has 0 aliphatic rings. The number of anilines is 1. The summed E-state index contributed by atoms with van der Waals surface area (Å²) in [5.41, 5.74) is 0.0691. The van der Waals surface area contributed by atoms with Crippen molar-refractivity contribution in [2.45, 2.75) is 27.7 Å². The average Bonchev–Trinajstić information content (AvgIpc) is 2.16. The van der Waals surface area contributed by atoms with E-state index in [9.17, 15) is 9.59 Å². The Hall–Kier alpha value is -1.78. The maximum atomic E-state index is 11.7. The van der Waals surface area contributed by atoms with Crippen LogP contribution >= 0.6 is 0 Å². The molecule has 86 valence electrons. The quantitative estimate of drug-likeness (QED) is 0.771. The predicted molar refractivity (Wildman–Crippen MR) is 60.1 cm³/mol. The molecule has 1 amide bonds. The minimum absolute atomic E-state index is 0.164. The van der Waals surface area contributed by atoms with Gasteiger partial charge in [-0.1, -0.05) is 20.8 Å². The molecule has 1 rings (SSSR count).